The second-order valence-electron chi connectivity index (χ2n) is 13.7. The van der Waals surface area contributed by atoms with Crippen LogP contribution in [-0.4, -0.2) is 83.2 Å². The Bertz CT molecular complexity index is 1670. The van der Waals surface area contributed by atoms with Crippen LogP contribution in [0.5, 0.6) is 0 Å². The largest absolute Gasteiger partial charge is 0.383 e. The fourth-order valence-electron chi connectivity index (χ4n) is 5.72. The molecule has 2 atom stereocenters. The van der Waals surface area contributed by atoms with Crippen LogP contribution in [0.2, 0.25) is 25.7 Å². The number of rotatable bonds is 11. The van der Waals surface area contributed by atoms with Gasteiger partial charge < -0.3 is 25.6 Å². The molecule has 1 aliphatic rings. The number of ether oxygens (including phenoxy) is 1. The molecule has 0 aliphatic carbocycles. The van der Waals surface area contributed by atoms with Crippen LogP contribution in [-0.2, 0) is 44.5 Å². The Balaban J connectivity index is 0.00000480. The van der Waals surface area contributed by atoms with Gasteiger partial charge in [0, 0.05) is 44.7 Å². The summed E-state index contributed by atoms with van der Waals surface area (Å²) in [4.78, 5) is 40.4. The van der Waals surface area contributed by atoms with Gasteiger partial charge in [-0.1, -0.05) is 32.6 Å². The molecule has 2 amide bonds. The van der Waals surface area contributed by atoms with Gasteiger partial charge in [-0.05, 0) is 69.6 Å². The van der Waals surface area contributed by atoms with Gasteiger partial charge >= 0.3 is 11.8 Å². The maximum Gasteiger partial charge on any atom is 0.314 e. The fourth-order valence-corrected chi connectivity index (χ4v) is 7.47. The molecule has 0 saturated carbocycles. The number of benzene rings is 1. The third-order valence-corrected chi connectivity index (χ3v) is 11.1. The number of nitrogens with zero attached hydrogens (tertiary/aromatic N) is 6. The van der Waals surface area contributed by atoms with Gasteiger partial charge in [0.15, 0.2) is 0 Å². The smallest absolute Gasteiger partial charge is 0.314 e. The quantitative estimate of drug-likeness (QED) is 0.121. The Morgan fingerprint density at radius 2 is 1.98 bits per heavy atom. The van der Waals surface area contributed by atoms with E-state index >= 15 is 0 Å². The van der Waals surface area contributed by atoms with Gasteiger partial charge in [0.2, 0.25) is 0 Å². The molecular weight excluding hydrogens is 668 g/mol. The number of nitrogens with one attached hydrogen (secondary N) is 1. The van der Waals surface area contributed by atoms with Crippen molar-refractivity contribution in [3.05, 3.63) is 41.2 Å². The molecule has 11 nitrogen and oxygen atoms in total. The Hall–Kier alpha value is -2.87. The van der Waals surface area contributed by atoms with Gasteiger partial charge in [0.25, 0.3) is 0 Å². The third-order valence-electron chi connectivity index (χ3n) is 8.27. The maximum absolute atomic E-state index is 13.8. The van der Waals surface area contributed by atoms with Crippen molar-refractivity contribution in [2.45, 2.75) is 71.1 Å². The van der Waals surface area contributed by atoms with E-state index in [1.54, 1.807) is 27.1 Å². The first-order valence-corrected chi connectivity index (χ1v) is 20.3. The molecule has 3 aromatic heterocycles. The molecule has 1 radical (unpaired) electrons. The Morgan fingerprint density at radius 3 is 2.72 bits per heavy atom. The van der Waals surface area contributed by atoms with Gasteiger partial charge in [0.05, 0.1) is 50.3 Å². The number of amides is 2. The topological polar surface area (TPSA) is 132 Å². The minimum Gasteiger partial charge on any atom is -0.383 e. The number of nitrogens with two attached hydrogens (primary N) is 1. The maximum atomic E-state index is 13.8. The standard InChI is InChI=1S/C32H46N8O3SSi.Cu/c1-21-9-11-26(22-10-12-27-24(16-22)36-28(44-27)8-7-13-38(2)3)39(19-21)32(42)31(41)37-25-18-34-30(33)23-17-35-40(29(23)25)20-43-14-15-45(4,5)6;/h10,12,16-18,21,26H,7-9,11,13-15,19-20H2,1-6H3,(H2,33,34)(H,37,41);/t21-,26+;/m0./s1. The first-order valence-electron chi connectivity index (χ1n) is 15.7. The Labute approximate surface area is 286 Å². The molecule has 1 saturated heterocycles. The molecule has 0 bridgehead atoms. The predicted molar refractivity (Wildman–Crippen MR) is 184 cm³/mol. The molecule has 14 heteroatoms. The van der Waals surface area contributed by atoms with Crippen LogP contribution in [0.4, 0.5) is 11.5 Å². The molecule has 3 N–H and O–H groups in total. The van der Waals surface area contributed by atoms with E-state index in [2.05, 4.69) is 79.2 Å². The van der Waals surface area contributed by atoms with E-state index in [1.165, 1.54) is 6.20 Å². The molecular formula is C32H46CuN8O3SSi. The molecule has 4 aromatic rings. The van der Waals surface area contributed by atoms with Crippen LogP contribution < -0.4 is 11.1 Å². The molecule has 5 rings (SSSR count). The number of fused-ring (bicyclic) bond motifs is 2. The first-order chi connectivity index (χ1) is 21.4. The monoisotopic (exact) mass is 713 g/mol. The van der Waals surface area contributed by atoms with Crippen LogP contribution in [0, 0.1) is 5.92 Å². The van der Waals surface area contributed by atoms with Crippen LogP contribution in [0.1, 0.15) is 42.8 Å². The minimum atomic E-state index is -1.25. The van der Waals surface area contributed by atoms with Crippen molar-refractivity contribution in [2.24, 2.45) is 5.92 Å². The van der Waals surface area contributed by atoms with Crippen LogP contribution >= 0.6 is 11.3 Å². The molecule has 46 heavy (non-hydrogen) atoms. The van der Waals surface area contributed by atoms with Crippen molar-refractivity contribution in [2.75, 3.05) is 44.8 Å². The second-order valence-corrected chi connectivity index (χ2v) is 20.4. The number of nitrogen functional groups attached to an aromatic ring is 1. The van der Waals surface area contributed by atoms with Crippen molar-refractivity contribution in [3.63, 3.8) is 0 Å². The van der Waals surface area contributed by atoms with Crippen LogP contribution in [0.25, 0.3) is 21.1 Å². The molecule has 4 heterocycles. The Morgan fingerprint density at radius 1 is 1.20 bits per heavy atom. The van der Waals surface area contributed by atoms with Crippen LogP contribution in [0.15, 0.2) is 30.6 Å². The van der Waals surface area contributed by atoms with Crippen molar-refractivity contribution in [1.29, 1.82) is 0 Å². The van der Waals surface area contributed by atoms with Gasteiger partial charge in [-0.25, -0.2) is 14.6 Å². The number of anilines is 2. The zero-order valence-electron chi connectivity index (χ0n) is 27.6. The van der Waals surface area contributed by atoms with E-state index in [4.69, 9.17) is 15.5 Å². The summed E-state index contributed by atoms with van der Waals surface area (Å²) in [5, 5.41) is 8.98. The van der Waals surface area contributed by atoms with E-state index in [-0.39, 0.29) is 35.8 Å². The molecule has 253 valence electrons. The molecule has 0 spiro atoms. The van der Waals surface area contributed by atoms with Gasteiger partial charge in [0.1, 0.15) is 12.5 Å². The number of thiazole rings is 1. The molecule has 1 fully saturated rings. The number of aromatic nitrogens is 4. The van der Waals surface area contributed by atoms with Gasteiger partial charge in [-0.2, -0.15) is 5.10 Å². The number of aryl methyl sites for hydroxylation is 1. The van der Waals surface area contributed by atoms with Crippen LogP contribution in [0.3, 0.4) is 0 Å². The average molecular weight is 714 g/mol. The minimum absolute atomic E-state index is 0. The number of carbonyl (C=O) groups is 2. The first kappa shape index (κ1) is 36.0. The van der Waals surface area contributed by atoms with Crippen molar-refractivity contribution in [1.82, 2.24) is 29.5 Å². The van der Waals surface area contributed by atoms with E-state index in [0.29, 0.717) is 35.6 Å². The van der Waals surface area contributed by atoms with E-state index in [0.717, 1.165) is 59.1 Å². The molecule has 0 unspecified atom stereocenters. The number of likely N-dealkylation sites (tertiary alicyclic amines) is 1. The summed E-state index contributed by atoms with van der Waals surface area (Å²) in [6.07, 6.45) is 6.84. The zero-order chi connectivity index (χ0) is 32.3. The number of carbonyl (C=O) groups excluding carboxylic acids is 2. The number of pyridine rings is 1. The predicted octanol–water partition coefficient (Wildman–Crippen LogP) is 5.37. The number of hydrogen-bond acceptors (Lipinski definition) is 9. The summed E-state index contributed by atoms with van der Waals surface area (Å²) in [6, 6.07) is 7.09. The van der Waals surface area contributed by atoms with Crippen molar-refractivity contribution < 1.29 is 31.4 Å². The summed E-state index contributed by atoms with van der Waals surface area (Å²) in [5.41, 5.74) is 9.04. The summed E-state index contributed by atoms with van der Waals surface area (Å²) < 4.78 is 8.71. The Kier molecular flexibility index (Phi) is 12.0. The molecule has 1 aromatic carbocycles. The van der Waals surface area contributed by atoms with E-state index < -0.39 is 19.9 Å². The zero-order valence-corrected chi connectivity index (χ0v) is 30.4. The molecule has 1 aliphatic heterocycles. The second kappa shape index (κ2) is 15.4. The van der Waals surface area contributed by atoms with Crippen molar-refractivity contribution >= 4 is 63.8 Å². The summed E-state index contributed by atoms with van der Waals surface area (Å²) in [5.74, 6) is -0.709. The van der Waals surface area contributed by atoms with Gasteiger partial charge in [-0.15, -0.1) is 11.3 Å². The summed E-state index contributed by atoms with van der Waals surface area (Å²) >= 11 is 1.73. The van der Waals surface area contributed by atoms with Gasteiger partial charge in [-0.3, -0.25) is 9.59 Å². The summed E-state index contributed by atoms with van der Waals surface area (Å²) in [6.45, 7) is 11.4. The number of hydrogen-bond donors (Lipinski definition) is 2. The average Bonchev–Trinajstić information content (AvgIpc) is 3.60. The SMILES string of the molecule is C[C@H]1CC[C@H](c2ccc3sc(CCCN(C)C)nc3c2)N(C(=O)C(=O)Nc2cnc(N)c3cnn(COCC[Si](C)(C)C)c23)C1.[Cu]. The van der Waals surface area contributed by atoms with E-state index in [1.807, 2.05) is 0 Å². The third kappa shape index (κ3) is 8.72. The number of piperidine rings is 1. The van der Waals surface area contributed by atoms with Crippen molar-refractivity contribution in [3.8, 4) is 0 Å². The van der Waals surface area contributed by atoms with E-state index in [9.17, 15) is 9.59 Å². The summed E-state index contributed by atoms with van der Waals surface area (Å²) in [7, 11) is 2.91. The normalized spacial score (nSPS) is 17.1. The fraction of sp³-hybridized carbons (Fsp3) is 0.531.